The SMILES string of the molecule is Cc1cccc(-c2n[nH]c(=S)n2CC(=O)N[C@@H]2CCN(Cc3ccccc3)C2)c1. The van der Waals surface area contributed by atoms with Gasteiger partial charge < -0.3 is 5.32 Å². The number of carbonyl (C=O) groups excluding carboxylic acids is 1. The second-order valence-electron chi connectivity index (χ2n) is 7.58. The molecule has 1 fully saturated rings. The van der Waals surface area contributed by atoms with Crippen LogP contribution in [0.2, 0.25) is 0 Å². The molecule has 1 aliphatic heterocycles. The molecule has 1 aromatic heterocycles. The monoisotopic (exact) mass is 407 g/mol. The summed E-state index contributed by atoms with van der Waals surface area (Å²) in [6, 6.07) is 18.6. The first-order chi connectivity index (χ1) is 14.1. The van der Waals surface area contributed by atoms with Crippen molar-refractivity contribution in [1.29, 1.82) is 0 Å². The molecular formula is C22H25N5OS. The van der Waals surface area contributed by atoms with E-state index in [0.717, 1.165) is 37.2 Å². The number of H-pyrrole nitrogens is 1. The van der Waals surface area contributed by atoms with Gasteiger partial charge in [-0.2, -0.15) is 5.10 Å². The highest BCUT2D eigenvalue weighted by molar-refractivity contribution is 7.71. The van der Waals surface area contributed by atoms with Crippen molar-refractivity contribution in [2.24, 2.45) is 0 Å². The Morgan fingerprint density at radius 2 is 2.07 bits per heavy atom. The van der Waals surface area contributed by atoms with Crippen LogP contribution in [0.4, 0.5) is 0 Å². The molecule has 2 heterocycles. The molecule has 0 spiro atoms. The maximum Gasteiger partial charge on any atom is 0.240 e. The molecule has 0 aliphatic carbocycles. The Kier molecular flexibility index (Phi) is 5.87. The summed E-state index contributed by atoms with van der Waals surface area (Å²) in [5.74, 6) is 0.647. The van der Waals surface area contributed by atoms with Crippen LogP contribution in [0.1, 0.15) is 17.5 Å². The number of aryl methyl sites for hydroxylation is 1. The highest BCUT2D eigenvalue weighted by Gasteiger charge is 2.24. The molecule has 1 atom stereocenters. The molecule has 2 aromatic carbocycles. The topological polar surface area (TPSA) is 66.0 Å². The van der Waals surface area contributed by atoms with E-state index in [9.17, 15) is 4.79 Å². The second kappa shape index (κ2) is 8.71. The smallest absolute Gasteiger partial charge is 0.240 e. The van der Waals surface area contributed by atoms with Gasteiger partial charge in [-0.05, 0) is 37.2 Å². The number of aromatic nitrogens is 3. The van der Waals surface area contributed by atoms with Crippen molar-refractivity contribution in [1.82, 2.24) is 25.0 Å². The Morgan fingerprint density at radius 3 is 2.86 bits per heavy atom. The van der Waals surface area contributed by atoms with E-state index < -0.39 is 0 Å². The predicted octanol–water partition coefficient (Wildman–Crippen LogP) is 3.31. The van der Waals surface area contributed by atoms with Crippen LogP contribution in [-0.4, -0.2) is 44.7 Å². The number of aromatic amines is 1. The normalized spacial score (nSPS) is 16.8. The fraction of sp³-hybridized carbons (Fsp3) is 0.318. The number of hydrogen-bond acceptors (Lipinski definition) is 4. The number of benzene rings is 2. The molecule has 2 N–H and O–H groups in total. The van der Waals surface area contributed by atoms with Crippen LogP contribution < -0.4 is 5.32 Å². The van der Waals surface area contributed by atoms with Gasteiger partial charge in [-0.25, -0.2) is 0 Å². The van der Waals surface area contributed by atoms with E-state index in [1.54, 1.807) is 4.57 Å². The summed E-state index contributed by atoms with van der Waals surface area (Å²) in [5, 5.41) is 10.3. The quantitative estimate of drug-likeness (QED) is 0.616. The number of rotatable bonds is 6. The summed E-state index contributed by atoms with van der Waals surface area (Å²) in [6.45, 7) is 4.95. The molecule has 3 aromatic rings. The lowest BCUT2D eigenvalue weighted by Crippen LogP contribution is -2.39. The van der Waals surface area contributed by atoms with Crippen LogP contribution in [0.3, 0.4) is 0 Å². The molecule has 0 saturated carbocycles. The van der Waals surface area contributed by atoms with Crippen LogP contribution in [0.25, 0.3) is 11.4 Å². The summed E-state index contributed by atoms with van der Waals surface area (Å²) in [4.78, 5) is 15.1. The maximum atomic E-state index is 12.7. The van der Waals surface area contributed by atoms with Crippen molar-refractivity contribution in [3.8, 4) is 11.4 Å². The zero-order chi connectivity index (χ0) is 20.2. The van der Waals surface area contributed by atoms with Crippen LogP contribution in [0, 0.1) is 11.7 Å². The van der Waals surface area contributed by atoms with E-state index >= 15 is 0 Å². The molecule has 6 nitrogen and oxygen atoms in total. The van der Waals surface area contributed by atoms with E-state index in [1.807, 2.05) is 37.3 Å². The Balaban J connectivity index is 1.37. The molecule has 1 amide bonds. The van der Waals surface area contributed by atoms with Crippen LogP contribution >= 0.6 is 12.2 Å². The fourth-order valence-electron chi connectivity index (χ4n) is 3.82. The number of likely N-dealkylation sites (tertiary alicyclic amines) is 1. The molecule has 0 radical (unpaired) electrons. The highest BCUT2D eigenvalue weighted by Crippen LogP contribution is 2.19. The van der Waals surface area contributed by atoms with Gasteiger partial charge in [0.15, 0.2) is 10.6 Å². The Bertz CT molecular complexity index is 1040. The third kappa shape index (κ3) is 4.81. The Hall–Kier alpha value is -2.77. The average molecular weight is 408 g/mol. The Labute approximate surface area is 175 Å². The molecule has 1 saturated heterocycles. The van der Waals surface area contributed by atoms with Crippen LogP contribution in [-0.2, 0) is 17.9 Å². The summed E-state index contributed by atoms with van der Waals surface area (Å²) >= 11 is 5.36. The zero-order valence-electron chi connectivity index (χ0n) is 16.5. The minimum atomic E-state index is -0.0389. The first kappa shape index (κ1) is 19.5. The molecule has 29 heavy (non-hydrogen) atoms. The first-order valence-corrected chi connectivity index (χ1v) is 10.3. The van der Waals surface area contributed by atoms with Gasteiger partial charge in [0.05, 0.1) is 0 Å². The summed E-state index contributed by atoms with van der Waals surface area (Å²) in [6.07, 6.45) is 0.958. The molecule has 1 aliphatic rings. The summed E-state index contributed by atoms with van der Waals surface area (Å²) in [7, 11) is 0. The largest absolute Gasteiger partial charge is 0.350 e. The van der Waals surface area contributed by atoms with Crippen molar-refractivity contribution < 1.29 is 4.79 Å². The second-order valence-corrected chi connectivity index (χ2v) is 7.97. The van der Waals surface area contributed by atoms with E-state index in [-0.39, 0.29) is 18.5 Å². The first-order valence-electron chi connectivity index (χ1n) is 9.86. The van der Waals surface area contributed by atoms with E-state index in [0.29, 0.717) is 10.6 Å². The van der Waals surface area contributed by atoms with Gasteiger partial charge in [-0.1, -0.05) is 54.1 Å². The number of amides is 1. The maximum absolute atomic E-state index is 12.7. The third-order valence-electron chi connectivity index (χ3n) is 5.22. The molecule has 4 rings (SSSR count). The van der Waals surface area contributed by atoms with Crippen molar-refractivity contribution in [3.05, 3.63) is 70.5 Å². The summed E-state index contributed by atoms with van der Waals surface area (Å²) in [5.41, 5.74) is 3.38. The lowest BCUT2D eigenvalue weighted by molar-refractivity contribution is -0.122. The van der Waals surface area contributed by atoms with Crippen molar-refractivity contribution >= 4 is 18.1 Å². The van der Waals surface area contributed by atoms with E-state index in [2.05, 4.69) is 44.7 Å². The number of hydrogen-bond donors (Lipinski definition) is 2. The summed E-state index contributed by atoms with van der Waals surface area (Å²) < 4.78 is 2.21. The van der Waals surface area contributed by atoms with Gasteiger partial charge in [0, 0.05) is 31.2 Å². The number of nitrogens with one attached hydrogen (secondary N) is 2. The Morgan fingerprint density at radius 1 is 1.24 bits per heavy atom. The number of carbonyl (C=O) groups is 1. The van der Waals surface area contributed by atoms with E-state index in [1.165, 1.54) is 5.56 Å². The standard InChI is InChI=1S/C22H25N5OS/c1-16-6-5-9-18(12-16)21-24-25-22(29)27(21)15-20(28)23-19-10-11-26(14-19)13-17-7-3-2-4-8-17/h2-9,12,19H,10-11,13-15H2,1H3,(H,23,28)(H,25,29)/t19-/m1/s1. The van der Waals surface area contributed by atoms with Gasteiger partial charge in [0.25, 0.3) is 0 Å². The van der Waals surface area contributed by atoms with Gasteiger partial charge in [0.2, 0.25) is 5.91 Å². The van der Waals surface area contributed by atoms with Gasteiger partial charge >= 0.3 is 0 Å². The minimum absolute atomic E-state index is 0.0389. The molecule has 7 heteroatoms. The predicted molar refractivity (Wildman–Crippen MR) is 116 cm³/mol. The van der Waals surface area contributed by atoms with Crippen LogP contribution in [0.5, 0.6) is 0 Å². The van der Waals surface area contributed by atoms with Crippen molar-refractivity contribution in [3.63, 3.8) is 0 Å². The molecule has 0 unspecified atom stereocenters. The molecule has 150 valence electrons. The minimum Gasteiger partial charge on any atom is -0.350 e. The zero-order valence-corrected chi connectivity index (χ0v) is 17.3. The molecular weight excluding hydrogens is 382 g/mol. The van der Waals surface area contributed by atoms with Crippen molar-refractivity contribution in [2.75, 3.05) is 13.1 Å². The van der Waals surface area contributed by atoms with Gasteiger partial charge in [0.1, 0.15) is 6.54 Å². The molecule has 0 bridgehead atoms. The third-order valence-corrected chi connectivity index (χ3v) is 5.53. The van der Waals surface area contributed by atoms with E-state index in [4.69, 9.17) is 12.2 Å². The lowest BCUT2D eigenvalue weighted by Gasteiger charge is -2.17. The average Bonchev–Trinajstić information content (AvgIpc) is 3.29. The van der Waals surface area contributed by atoms with Crippen molar-refractivity contribution in [2.45, 2.75) is 32.5 Å². The van der Waals surface area contributed by atoms with Gasteiger partial charge in [-0.15, -0.1) is 0 Å². The fourth-order valence-corrected chi connectivity index (χ4v) is 4.02. The lowest BCUT2D eigenvalue weighted by atomic mass is 10.1. The van der Waals surface area contributed by atoms with Crippen LogP contribution in [0.15, 0.2) is 54.6 Å². The van der Waals surface area contributed by atoms with Gasteiger partial charge in [-0.3, -0.25) is 19.4 Å². The highest BCUT2D eigenvalue weighted by atomic mass is 32.1. The number of nitrogens with zero attached hydrogens (tertiary/aromatic N) is 3.